The SMILES string of the molecule is CCCC/C=C/B(c1c(F)c(F)c(F)c(F)c1F)c1c(F)c(F)c(F)c(F)c1F. The second kappa shape index (κ2) is 8.92. The molecule has 2 rings (SSSR count). The van der Waals surface area contributed by atoms with Gasteiger partial charge in [-0.2, -0.15) is 0 Å². The molecule has 0 aromatic heterocycles. The molecular formula is C18H11BF10. The summed E-state index contributed by atoms with van der Waals surface area (Å²) in [5, 5.41) is 0. The zero-order valence-electron chi connectivity index (χ0n) is 14.6. The van der Waals surface area contributed by atoms with E-state index in [1.54, 1.807) is 6.92 Å². The largest absolute Gasteiger partial charge is 0.249 e. The predicted octanol–water partition coefficient (Wildman–Crippen LogP) is 4.97. The molecule has 0 atom stereocenters. The monoisotopic (exact) mass is 428 g/mol. The molecule has 156 valence electrons. The Hall–Kier alpha value is -2.46. The molecule has 0 fully saturated rings. The fourth-order valence-corrected chi connectivity index (χ4v) is 2.68. The van der Waals surface area contributed by atoms with Gasteiger partial charge in [-0.3, -0.25) is 0 Å². The summed E-state index contributed by atoms with van der Waals surface area (Å²) in [5.41, 5.74) is -3.48. The van der Waals surface area contributed by atoms with Crippen molar-refractivity contribution >= 4 is 17.6 Å². The quantitative estimate of drug-likeness (QED) is 0.201. The van der Waals surface area contributed by atoms with Gasteiger partial charge in [-0.25, -0.2) is 43.9 Å². The van der Waals surface area contributed by atoms with Gasteiger partial charge in [0.05, 0.1) is 0 Å². The number of benzene rings is 2. The molecule has 0 nitrogen and oxygen atoms in total. The summed E-state index contributed by atoms with van der Waals surface area (Å²) in [6.45, 7) is -0.722. The van der Waals surface area contributed by atoms with Gasteiger partial charge in [-0.1, -0.05) is 25.8 Å². The average molecular weight is 428 g/mol. The van der Waals surface area contributed by atoms with Crippen molar-refractivity contribution in [2.75, 3.05) is 0 Å². The summed E-state index contributed by atoms with van der Waals surface area (Å²) >= 11 is 0. The van der Waals surface area contributed by atoms with E-state index in [2.05, 4.69) is 0 Å². The minimum Gasteiger partial charge on any atom is -0.204 e. The lowest BCUT2D eigenvalue weighted by atomic mass is 9.40. The summed E-state index contributed by atoms with van der Waals surface area (Å²) in [7, 11) is 0. The number of halogens is 10. The Balaban J connectivity index is 2.87. The van der Waals surface area contributed by atoms with Crippen molar-refractivity contribution in [3.8, 4) is 0 Å². The number of unbranched alkanes of at least 4 members (excludes halogenated alkanes) is 2. The third kappa shape index (κ3) is 3.99. The lowest BCUT2D eigenvalue weighted by molar-refractivity contribution is 0.382. The molecule has 0 spiro atoms. The van der Waals surface area contributed by atoms with Gasteiger partial charge < -0.3 is 0 Å². The van der Waals surface area contributed by atoms with E-state index in [1.165, 1.54) is 0 Å². The van der Waals surface area contributed by atoms with Crippen LogP contribution in [-0.4, -0.2) is 6.71 Å². The van der Waals surface area contributed by atoms with Crippen LogP contribution >= 0.6 is 0 Å². The third-order valence-electron chi connectivity index (χ3n) is 4.16. The summed E-state index contributed by atoms with van der Waals surface area (Å²) < 4.78 is 138. The van der Waals surface area contributed by atoms with E-state index in [9.17, 15) is 43.9 Å². The Morgan fingerprint density at radius 1 is 0.552 bits per heavy atom. The normalized spacial score (nSPS) is 11.6. The second-order valence-electron chi connectivity index (χ2n) is 6.02. The van der Waals surface area contributed by atoms with Crippen LogP contribution in [0.5, 0.6) is 0 Å². The standard InChI is InChI=1S/C18H11BF10/c1-2-3-4-5-6-19(7-9(20)13(24)17(28)14(25)10(7)21)8-11(22)15(26)18(29)16(27)12(8)23/h5-6H,2-4H2,1H3/b6-5+. The first-order valence-corrected chi connectivity index (χ1v) is 8.25. The zero-order valence-corrected chi connectivity index (χ0v) is 14.6. The Morgan fingerprint density at radius 2 is 0.862 bits per heavy atom. The van der Waals surface area contributed by atoms with Crippen LogP contribution in [0.3, 0.4) is 0 Å². The van der Waals surface area contributed by atoms with Crippen molar-refractivity contribution in [2.45, 2.75) is 26.2 Å². The summed E-state index contributed by atoms with van der Waals surface area (Å²) in [6.07, 6.45) is 2.32. The highest BCUT2D eigenvalue weighted by Gasteiger charge is 2.38. The van der Waals surface area contributed by atoms with Crippen molar-refractivity contribution in [1.29, 1.82) is 0 Å². The summed E-state index contributed by atoms with van der Waals surface area (Å²) in [5.74, 6) is -23.9. The van der Waals surface area contributed by atoms with Gasteiger partial charge in [-0.05, 0) is 6.42 Å². The Kier molecular flexibility index (Phi) is 7.02. The van der Waals surface area contributed by atoms with Crippen LogP contribution in [0, 0.1) is 58.2 Å². The number of hydrogen-bond acceptors (Lipinski definition) is 0. The van der Waals surface area contributed by atoms with Crippen molar-refractivity contribution in [2.24, 2.45) is 0 Å². The van der Waals surface area contributed by atoms with E-state index < -0.39 is 75.8 Å². The van der Waals surface area contributed by atoms with Gasteiger partial charge in [0.25, 0.3) is 0 Å². The molecule has 0 unspecified atom stereocenters. The van der Waals surface area contributed by atoms with Gasteiger partial charge in [0.2, 0.25) is 6.71 Å². The molecule has 0 amide bonds. The van der Waals surface area contributed by atoms with E-state index >= 15 is 0 Å². The minimum atomic E-state index is -2.53. The van der Waals surface area contributed by atoms with Crippen LogP contribution in [0.2, 0.25) is 0 Å². The van der Waals surface area contributed by atoms with Crippen LogP contribution < -0.4 is 10.9 Å². The molecule has 0 N–H and O–H groups in total. The smallest absolute Gasteiger partial charge is 0.204 e. The molecular weight excluding hydrogens is 417 g/mol. The van der Waals surface area contributed by atoms with Crippen molar-refractivity contribution in [3.63, 3.8) is 0 Å². The van der Waals surface area contributed by atoms with Gasteiger partial charge in [0.15, 0.2) is 58.2 Å². The van der Waals surface area contributed by atoms with Gasteiger partial charge in [0.1, 0.15) is 0 Å². The Morgan fingerprint density at radius 3 is 1.17 bits per heavy atom. The van der Waals surface area contributed by atoms with Crippen molar-refractivity contribution < 1.29 is 43.9 Å². The summed E-state index contributed by atoms with van der Waals surface area (Å²) in [4.78, 5) is 0. The average Bonchev–Trinajstić information content (AvgIpc) is 2.70. The lowest BCUT2D eigenvalue weighted by Gasteiger charge is -2.17. The first kappa shape index (κ1) is 22.8. The van der Waals surface area contributed by atoms with E-state index in [4.69, 9.17) is 0 Å². The van der Waals surface area contributed by atoms with E-state index in [0.29, 0.717) is 18.8 Å². The highest BCUT2D eigenvalue weighted by Crippen LogP contribution is 2.21. The number of rotatable bonds is 6. The molecule has 2 aromatic carbocycles. The fraction of sp³-hybridized carbons (Fsp3) is 0.222. The van der Waals surface area contributed by atoms with Crippen LogP contribution in [-0.2, 0) is 0 Å². The first-order chi connectivity index (χ1) is 13.6. The van der Waals surface area contributed by atoms with E-state index in [-0.39, 0.29) is 6.42 Å². The molecule has 0 saturated carbocycles. The molecule has 0 radical (unpaired) electrons. The minimum absolute atomic E-state index is 0.151. The van der Waals surface area contributed by atoms with E-state index in [1.807, 2.05) is 0 Å². The second-order valence-corrected chi connectivity index (χ2v) is 6.02. The molecule has 11 heteroatoms. The predicted molar refractivity (Wildman–Crippen MR) is 86.2 cm³/mol. The zero-order chi connectivity index (χ0) is 22.0. The molecule has 0 aliphatic rings. The molecule has 2 aromatic rings. The van der Waals surface area contributed by atoms with Crippen LogP contribution in [0.15, 0.2) is 12.1 Å². The van der Waals surface area contributed by atoms with Crippen molar-refractivity contribution in [1.82, 2.24) is 0 Å². The highest BCUT2D eigenvalue weighted by atomic mass is 19.2. The Bertz CT molecular complexity index is 843. The molecule has 29 heavy (non-hydrogen) atoms. The number of hydrogen-bond donors (Lipinski definition) is 0. The summed E-state index contributed by atoms with van der Waals surface area (Å²) in [6, 6.07) is 0. The van der Waals surface area contributed by atoms with Crippen LogP contribution in [0.4, 0.5) is 43.9 Å². The third-order valence-corrected chi connectivity index (χ3v) is 4.16. The maximum Gasteiger partial charge on any atom is 0.249 e. The van der Waals surface area contributed by atoms with Crippen LogP contribution in [0.1, 0.15) is 26.2 Å². The molecule has 0 aliphatic heterocycles. The molecule has 0 heterocycles. The van der Waals surface area contributed by atoms with Crippen LogP contribution in [0.25, 0.3) is 0 Å². The van der Waals surface area contributed by atoms with Gasteiger partial charge in [-0.15, -0.1) is 5.98 Å². The highest BCUT2D eigenvalue weighted by molar-refractivity contribution is 6.89. The maximum atomic E-state index is 14.2. The first-order valence-electron chi connectivity index (χ1n) is 8.25. The van der Waals surface area contributed by atoms with Gasteiger partial charge in [0, 0.05) is 10.9 Å². The fourth-order valence-electron chi connectivity index (χ4n) is 2.68. The molecule has 0 bridgehead atoms. The van der Waals surface area contributed by atoms with Crippen molar-refractivity contribution in [3.05, 3.63) is 70.2 Å². The Labute approximate surface area is 158 Å². The van der Waals surface area contributed by atoms with Gasteiger partial charge >= 0.3 is 0 Å². The molecule has 0 saturated heterocycles. The van der Waals surface area contributed by atoms with E-state index in [0.717, 1.165) is 6.08 Å². The maximum absolute atomic E-state index is 14.2. The topological polar surface area (TPSA) is 0 Å². The number of allylic oxidation sites excluding steroid dienone is 1. The lowest BCUT2D eigenvalue weighted by Crippen LogP contribution is -2.49. The molecule has 0 aliphatic carbocycles.